The van der Waals surface area contributed by atoms with Gasteiger partial charge in [-0.3, -0.25) is 9.89 Å². The lowest BCUT2D eigenvalue weighted by molar-refractivity contribution is 0.0696. The maximum atomic E-state index is 12.8. The first kappa shape index (κ1) is 16.3. The highest BCUT2D eigenvalue weighted by atomic mass is 16.5. The molecule has 134 valence electrons. The SMILES string of the molecule is COCCn1ccnc1C1CCCN(C(=O)c2cc(C3CC3)[nH]n2)C1. The quantitative estimate of drug-likeness (QED) is 0.872. The fourth-order valence-corrected chi connectivity index (χ4v) is 3.64. The van der Waals surface area contributed by atoms with Gasteiger partial charge in [0, 0.05) is 56.7 Å². The van der Waals surface area contributed by atoms with Crippen LogP contribution in [0.4, 0.5) is 0 Å². The molecule has 0 aromatic carbocycles. The Bertz CT molecular complexity index is 733. The summed E-state index contributed by atoms with van der Waals surface area (Å²) in [6.07, 6.45) is 8.28. The Morgan fingerprint density at radius 3 is 3.04 bits per heavy atom. The predicted octanol–water partition coefficient (Wildman–Crippen LogP) is 2.15. The van der Waals surface area contributed by atoms with Crippen LogP contribution in [0.2, 0.25) is 0 Å². The van der Waals surface area contributed by atoms with Gasteiger partial charge in [-0.25, -0.2) is 4.98 Å². The normalized spacial score (nSPS) is 20.8. The number of nitrogens with zero attached hydrogens (tertiary/aromatic N) is 4. The molecule has 1 N–H and O–H groups in total. The molecule has 0 radical (unpaired) electrons. The van der Waals surface area contributed by atoms with Gasteiger partial charge in [-0.2, -0.15) is 5.10 Å². The maximum Gasteiger partial charge on any atom is 0.274 e. The van der Waals surface area contributed by atoms with Gasteiger partial charge in [0.05, 0.1) is 6.61 Å². The van der Waals surface area contributed by atoms with Gasteiger partial charge in [-0.05, 0) is 31.7 Å². The van der Waals surface area contributed by atoms with Crippen molar-refractivity contribution in [2.45, 2.75) is 44.1 Å². The van der Waals surface area contributed by atoms with Crippen molar-refractivity contribution in [1.82, 2.24) is 24.6 Å². The smallest absolute Gasteiger partial charge is 0.274 e. The van der Waals surface area contributed by atoms with Crippen molar-refractivity contribution in [2.75, 3.05) is 26.8 Å². The van der Waals surface area contributed by atoms with E-state index in [1.54, 1.807) is 7.11 Å². The second-order valence-corrected chi connectivity index (χ2v) is 7.04. The molecule has 7 heteroatoms. The van der Waals surface area contributed by atoms with Crippen LogP contribution in [-0.2, 0) is 11.3 Å². The standard InChI is InChI=1S/C18H25N5O2/c1-25-10-9-22-8-6-19-17(22)14-3-2-7-23(12-14)18(24)16-11-15(20-21-16)13-4-5-13/h6,8,11,13-14H,2-5,7,9-10,12H2,1H3,(H,20,21). The van der Waals surface area contributed by atoms with E-state index in [0.29, 0.717) is 24.8 Å². The maximum absolute atomic E-state index is 12.8. The summed E-state index contributed by atoms with van der Waals surface area (Å²) in [5, 5.41) is 7.28. The van der Waals surface area contributed by atoms with E-state index >= 15 is 0 Å². The number of nitrogens with one attached hydrogen (secondary N) is 1. The summed E-state index contributed by atoms with van der Waals surface area (Å²) in [6.45, 7) is 2.95. The van der Waals surface area contributed by atoms with Crippen LogP contribution < -0.4 is 0 Å². The van der Waals surface area contributed by atoms with Crippen LogP contribution in [-0.4, -0.2) is 57.4 Å². The van der Waals surface area contributed by atoms with Crippen LogP contribution >= 0.6 is 0 Å². The van der Waals surface area contributed by atoms with Crippen molar-refractivity contribution in [3.05, 3.63) is 35.7 Å². The fraction of sp³-hybridized carbons (Fsp3) is 0.611. The summed E-state index contributed by atoms with van der Waals surface area (Å²) in [4.78, 5) is 19.3. The number of rotatable bonds is 6. The number of carbonyl (C=O) groups is 1. The third-order valence-electron chi connectivity index (χ3n) is 5.19. The van der Waals surface area contributed by atoms with Crippen molar-refractivity contribution >= 4 is 5.91 Å². The van der Waals surface area contributed by atoms with E-state index in [0.717, 1.165) is 37.4 Å². The molecular formula is C18H25N5O2. The molecule has 1 amide bonds. The van der Waals surface area contributed by atoms with E-state index < -0.39 is 0 Å². The number of methoxy groups -OCH3 is 1. The van der Waals surface area contributed by atoms with Gasteiger partial charge in [0.2, 0.25) is 0 Å². The Labute approximate surface area is 147 Å². The van der Waals surface area contributed by atoms with E-state index in [4.69, 9.17) is 4.74 Å². The average molecular weight is 343 g/mol. The van der Waals surface area contributed by atoms with E-state index in [1.165, 1.54) is 12.8 Å². The van der Waals surface area contributed by atoms with E-state index in [1.807, 2.05) is 23.4 Å². The van der Waals surface area contributed by atoms with Crippen LogP contribution in [0.25, 0.3) is 0 Å². The van der Waals surface area contributed by atoms with E-state index in [2.05, 4.69) is 19.7 Å². The van der Waals surface area contributed by atoms with Crippen LogP contribution in [0.1, 0.15) is 59.5 Å². The Morgan fingerprint density at radius 2 is 2.24 bits per heavy atom. The molecule has 2 aromatic heterocycles. The summed E-state index contributed by atoms with van der Waals surface area (Å²) < 4.78 is 7.32. The molecule has 1 aliphatic heterocycles. The number of carbonyl (C=O) groups excluding carboxylic acids is 1. The number of piperidine rings is 1. The van der Waals surface area contributed by atoms with Crippen LogP contribution in [0.3, 0.4) is 0 Å². The predicted molar refractivity (Wildman–Crippen MR) is 92.5 cm³/mol. The van der Waals surface area contributed by atoms with Gasteiger partial charge in [0.1, 0.15) is 11.5 Å². The number of H-pyrrole nitrogens is 1. The minimum atomic E-state index is 0.0304. The van der Waals surface area contributed by atoms with Gasteiger partial charge < -0.3 is 14.2 Å². The third-order valence-corrected chi connectivity index (χ3v) is 5.19. The summed E-state index contributed by atoms with van der Waals surface area (Å²) >= 11 is 0. The molecule has 25 heavy (non-hydrogen) atoms. The van der Waals surface area contributed by atoms with Crippen molar-refractivity contribution in [3.63, 3.8) is 0 Å². The van der Waals surface area contributed by atoms with Crippen LogP contribution in [0, 0.1) is 0 Å². The molecule has 1 unspecified atom stereocenters. The molecule has 0 bridgehead atoms. The molecule has 2 fully saturated rings. The molecule has 1 saturated carbocycles. The van der Waals surface area contributed by atoms with Gasteiger partial charge in [-0.15, -0.1) is 0 Å². The van der Waals surface area contributed by atoms with Gasteiger partial charge in [0.15, 0.2) is 0 Å². The molecule has 2 aromatic rings. The number of hydrogen-bond donors (Lipinski definition) is 1. The van der Waals surface area contributed by atoms with Gasteiger partial charge in [-0.1, -0.05) is 0 Å². The molecule has 4 rings (SSSR count). The van der Waals surface area contributed by atoms with Crippen molar-refractivity contribution in [3.8, 4) is 0 Å². The summed E-state index contributed by atoms with van der Waals surface area (Å²) in [5.41, 5.74) is 1.65. The lowest BCUT2D eigenvalue weighted by atomic mass is 9.96. The van der Waals surface area contributed by atoms with Crippen molar-refractivity contribution in [2.24, 2.45) is 0 Å². The number of aromatic amines is 1. The topological polar surface area (TPSA) is 76.0 Å². The third kappa shape index (κ3) is 3.46. The molecule has 3 heterocycles. The summed E-state index contributed by atoms with van der Waals surface area (Å²) in [7, 11) is 1.71. The zero-order valence-corrected chi connectivity index (χ0v) is 14.6. The Balaban J connectivity index is 1.45. The van der Waals surface area contributed by atoms with E-state index in [-0.39, 0.29) is 11.8 Å². The first-order chi connectivity index (χ1) is 12.3. The van der Waals surface area contributed by atoms with Crippen LogP contribution in [0.5, 0.6) is 0 Å². The fourth-order valence-electron chi connectivity index (χ4n) is 3.64. The number of likely N-dealkylation sites (tertiary alicyclic amines) is 1. The molecule has 1 atom stereocenters. The molecular weight excluding hydrogens is 318 g/mol. The van der Waals surface area contributed by atoms with E-state index in [9.17, 15) is 4.79 Å². The Hall–Kier alpha value is -2.15. The second-order valence-electron chi connectivity index (χ2n) is 7.04. The lowest BCUT2D eigenvalue weighted by Gasteiger charge is -2.32. The zero-order valence-electron chi connectivity index (χ0n) is 14.6. The van der Waals surface area contributed by atoms with Crippen molar-refractivity contribution in [1.29, 1.82) is 0 Å². The highest BCUT2D eigenvalue weighted by Gasteiger charge is 2.31. The highest BCUT2D eigenvalue weighted by molar-refractivity contribution is 5.92. The molecule has 1 saturated heterocycles. The number of ether oxygens (including phenoxy) is 1. The van der Waals surface area contributed by atoms with Crippen molar-refractivity contribution < 1.29 is 9.53 Å². The Morgan fingerprint density at radius 1 is 1.36 bits per heavy atom. The molecule has 1 aliphatic carbocycles. The summed E-state index contributed by atoms with van der Waals surface area (Å²) in [6, 6.07) is 1.93. The number of aromatic nitrogens is 4. The lowest BCUT2D eigenvalue weighted by Crippen LogP contribution is -2.40. The first-order valence-electron chi connectivity index (χ1n) is 9.11. The number of hydrogen-bond acceptors (Lipinski definition) is 4. The Kier molecular flexibility index (Phi) is 4.57. The zero-order chi connectivity index (χ0) is 17.2. The largest absolute Gasteiger partial charge is 0.383 e. The first-order valence-corrected chi connectivity index (χ1v) is 9.11. The molecule has 2 aliphatic rings. The number of imidazole rings is 1. The molecule has 7 nitrogen and oxygen atoms in total. The highest BCUT2D eigenvalue weighted by Crippen LogP contribution is 2.39. The minimum absolute atomic E-state index is 0.0304. The molecule has 0 spiro atoms. The monoisotopic (exact) mass is 343 g/mol. The van der Waals surface area contributed by atoms with Gasteiger partial charge in [0.25, 0.3) is 5.91 Å². The van der Waals surface area contributed by atoms with Crippen LogP contribution in [0.15, 0.2) is 18.5 Å². The second kappa shape index (κ2) is 7.00. The number of amides is 1. The average Bonchev–Trinajstić information content (AvgIpc) is 3.20. The minimum Gasteiger partial charge on any atom is -0.383 e. The summed E-state index contributed by atoms with van der Waals surface area (Å²) in [5.74, 6) is 1.93. The van der Waals surface area contributed by atoms with Gasteiger partial charge >= 0.3 is 0 Å².